The average molecular weight is 600 g/mol. The molecule has 2 N–H and O–H groups in total. The first-order valence-electron chi connectivity index (χ1n) is 11.6. The molecule has 0 saturated heterocycles. The minimum atomic E-state index is -0.332. The third kappa shape index (κ3) is 6.85. The lowest BCUT2D eigenvalue weighted by molar-refractivity contribution is -0.113. The van der Waals surface area contributed by atoms with Gasteiger partial charge in [-0.05, 0) is 37.1 Å². The van der Waals surface area contributed by atoms with Crippen LogP contribution in [-0.2, 0) is 11.8 Å². The van der Waals surface area contributed by atoms with Crippen molar-refractivity contribution in [2.24, 2.45) is 13.0 Å². The van der Waals surface area contributed by atoms with E-state index in [1.54, 1.807) is 6.07 Å². The Labute approximate surface area is 232 Å². The van der Waals surface area contributed by atoms with Gasteiger partial charge in [0, 0.05) is 28.0 Å². The minimum Gasteiger partial charge on any atom is -0.342 e. The molecule has 0 aliphatic rings. The zero-order chi connectivity index (χ0) is 26.5. The van der Waals surface area contributed by atoms with Crippen LogP contribution >= 0.6 is 39.0 Å². The van der Waals surface area contributed by atoms with Crippen molar-refractivity contribution < 1.29 is 9.59 Å². The Morgan fingerprint density at radius 1 is 1.14 bits per heavy atom. The fourth-order valence-electron chi connectivity index (χ4n) is 3.63. The van der Waals surface area contributed by atoms with E-state index in [0.717, 1.165) is 21.3 Å². The van der Waals surface area contributed by atoms with E-state index in [2.05, 4.69) is 41.7 Å². The normalized spacial score (nSPS) is 11.9. The number of halogens is 1. The van der Waals surface area contributed by atoms with Crippen LogP contribution in [0.25, 0.3) is 11.3 Å². The van der Waals surface area contributed by atoms with Crippen molar-refractivity contribution >= 4 is 56.0 Å². The number of hydrogen-bond acceptors (Lipinski definition) is 7. The molecule has 2 amide bonds. The Bertz CT molecular complexity index is 1400. The first-order valence-corrected chi connectivity index (χ1v) is 14.3. The molecular formula is C26H27BrN6O2S2. The summed E-state index contributed by atoms with van der Waals surface area (Å²) in [5.74, 6) is 0.534. The maximum absolute atomic E-state index is 12.9. The van der Waals surface area contributed by atoms with Crippen LogP contribution in [-0.4, -0.2) is 37.3 Å². The lowest BCUT2D eigenvalue weighted by atomic mass is 10.0. The van der Waals surface area contributed by atoms with Crippen LogP contribution < -0.4 is 10.6 Å². The highest BCUT2D eigenvalue weighted by molar-refractivity contribution is 9.10. The summed E-state index contributed by atoms with van der Waals surface area (Å²) in [5, 5.41) is 17.6. The van der Waals surface area contributed by atoms with Gasteiger partial charge in [-0.2, -0.15) is 0 Å². The fraction of sp³-hybridized carbons (Fsp3) is 0.269. The molecule has 0 radical (unpaired) electrons. The Kier molecular flexibility index (Phi) is 8.78. The van der Waals surface area contributed by atoms with E-state index in [1.165, 1.54) is 23.1 Å². The van der Waals surface area contributed by atoms with Crippen LogP contribution in [0, 0.1) is 12.8 Å². The van der Waals surface area contributed by atoms with Crippen LogP contribution in [0.2, 0.25) is 0 Å². The first-order chi connectivity index (χ1) is 17.7. The molecule has 4 rings (SSSR count). The number of rotatable bonds is 9. The zero-order valence-corrected chi connectivity index (χ0v) is 24.1. The largest absolute Gasteiger partial charge is 0.342 e. The number of aryl methyl sites for hydroxylation is 1. The zero-order valence-electron chi connectivity index (χ0n) is 20.9. The van der Waals surface area contributed by atoms with E-state index in [-0.39, 0.29) is 29.5 Å². The number of nitrogens with zero attached hydrogens (tertiary/aromatic N) is 4. The maximum atomic E-state index is 12.9. The average Bonchev–Trinajstić information content (AvgIpc) is 3.48. The number of amides is 2. The first kappa shape index (κ1) is 27.0. The van der Waals surface area contributed by atoms with Crippen molar-refractivity contribution in [1.82, 2.24) is 25.1 Å². The number of carbonyl (C=O) groups is 2. The molecule has 0 bridgehead atoms. The molecule has 4 aromatic rings. The molecular weight excluding hydrogens is 572 g/mol. The number of benzene rings is 2. The summed E-state index contributed by atoms with van der Waals surface area (Å²) < 4.78 is 2.83. The number of thiazole rings is 1. The molecule has 2 aromatic heterocycles. The van der Waals surface area contributed by atoms with Crippen LogP contribution in [0.5, 0.6) is 0 Å². The van der Waals surface area contributed by atoms with E-state index in [1.807, 2.05) is 80.2 Å². The lowest BCUT2D eigenvalue weighted by Crippen LogP contribution is -2.33. The SMILES string of the molecule is Cc1cccc(C(=O)N[C@@H](c2nnc(SCC(=O)Nc3nc(-c4ccc(Br)cc4)cs3)n2C)C(C)C)c1. The summed E-state index contributed by atoms with van der Waals surface area (Å²) in [6, 6.07) is 15.0. The van der Waals surface area contributed by atoms with Crippen LogP contribution in [0.1, 0.15) is 41.6 Å². The summed E-state index contributed by atoms with van der Waals surface area (Å²) in [6.45, 7) is 5.99. The second kappa shape index (κ2) is 12.0. The number of thioether (sulfide) groups is 1. The minimum absolute atomic E-state index is 0.0858. The van der Waals surface area contributed by atoms with Gasteiger partial charge in [0.05, 0.1) is 17.5 Å². The molecule has 8 nitrogen and oxygen atoms in total. The van der Waals surface area contributed by atoms with Gasteiger partial charge >= 0.3 is 0 Å². The van der Waals surface area contributed by atoms with Crippen molar-refractivity contribution in [3.63, 3.8) is 0 Å². The van der Waals surface area contributed by atoms with E-state index in [4.69, 9.17) is 0 Å². The molecule has 2 aromatic carbocycles. The van der Waals surface area contributed by atoms with E-state index < -0.39 is 0 Å². The number of nitrogens with one attached hydrogen (secondary N) is 2. The van der Waals surface area contributed by atoms with Gasteiger partial charge in [0.15, 0.2) is 16.1 Å². The van der Waals surface area contributed by atoms with Crippen LogP contribution in [0.4, 0.5) is 5.13 Å². The van der Waals surface area contributed by atoms with E-state index in [9.17, 15) is 9.59 Å². The molecule has 2 heterocycles. The number of anilines is 1. The smallest absolute Gasteiger partial charge is 0.251 e. The molecule has 192 valence electrons. The third-order valence-corrected chi connectivity index (χ3v) is 7.91. The van der Waals surface area contributed by atoms with Gasteiger partial charge in [-0.25, -0.2) is 4.98 Å². The summed E-state index contributed by atoms with van der Waals surface area (Å²) in [5.41, 5.74) is 3.41. The van der Waals surface area contributed by atoms with Crippen molar-refractivity contribution in [1.29, 1.82) is 0 Å². The standard InChI is InChI=1S/C26H27BrN6O2S2/c1-15(2)22(30-24(35)18-7-5-6-16(3)12-18)23-31-32-26(33(23)4)37-14-21(34)29-25-28-20(13-36-25)17-8-10-19(27)11-9-17/h5-13,15,22H,14H2,1-4H3,(H,30,35)(H,28,29,34)/t22-/m1/s1. The molecule has 37 heavy (non-hydrogen) atoms. The summed E-state index contributed by atoms with van der Waals surface area (Å²) >= 11 is 6.09. The second-order valence-electron chi connectivity index (χ2n) is 8.85. The molecule has 1 atom stereocenters. The number of hydrogen-bond donors (Lipinski definition) is 2. The van der Waals surface area contributed by atoms with Gasteiger partial charge in [0.1, 0.15) is 0 Å². The van der Waals surface area contributed by atoms with Gasteiger partial charge in [-0.15, -0.1) is 21.5 Å². The molecule has 0 unspecified atom stereocenters. The molecule has 0 saturated carbocycles. The topological polar surface area (TPSA) is 102 Å². The highest BCUT2D eigenvalue weighted by Crippen LogP contribution is 2.27. The van der Waals surface area contributed by atoms with Gasteiger partial charge in [-0.1, -0.05) is 71.4 Å². The predicted octanol–water partition coefficient (Wildman–Crippen LogP) is 5.87. The predicted molar refractivity (Wildman–Crippen MR) is 152 cm³/mol. The molecule has 11 heteroatoms. The summed E-state index contributed by atoms with van der Waals surface area (Å²) in [7, 11) is 1.84. The molecule has 0 spiro atoms. The number of carbonyl (C=O) groups excluding carboxylic acids is 2. The third-order valence-electron chi connectivity index (χ3n) is 5.60. The van der Waals surface area contributed by atoms with Crippen LogP contribution in [0.3, 0.4) is 0 Å². The van der Waals surface area contributed by atoms with Crippen molar-refractivity contribution in [3.05, 3.63) is 75.3 Å². The quantitative estimate of drug-likeness (QED) is 0.234. The second-order valence-corrected chi connectivity index (χ2v) is 11.6. The number of aromatic nitrogens is 4. The van der Waals surface area contributed by atoms with Gasteiger partial charge in [0.2, 0.25) is 5.91 Å². The molecule has 0 aliphatic heterocycles. The lowest BCUT2D eigenvalue weighted by Gasteiger charge is -2.21. The van der Waals surface area contributed by atoms with E-state index >= 15 is 0 Å². The Hall–Kier alpha value is -3.02. The summed E-state index contributed by atoms with van der Waals surface area (Å²) in [4.78, 5) is 30.0. The van der Waals surface area contributed by atoms with Crippen LogP contribution in [0.15, 0.2) is 63.5 Å². The Morgan fingerprint density at radius 2 is 1.89 bits per heavy atom. The van der Waals surface area contributed by atoms with Gasteiger partial charge < -0.3 is 15.2 Å². The Balaban J connectivity index is 1.37. The van der Waals surface area contributed by atoms with Gasteiger partial charge in [0.25, 0.3) is 5.91 Å². The van der Waals surface area contributed by atoms with E-state index in [0.29, 0.717) is 21.7 Å². The highest BCUT2D eigenvalue weighted by atomic mass is 79.9. The Morgan fingerprint density at radius 3 is 2.59 bits per heavy atom. The summed E-state index contributed by atoms with van der Waals surface area (Å²) in [6.07, 6.45) is 0. The fourth-order valence-corrected chi connectivity index (χ4v) is 5.35. The van der Waals surface area contributed by atoms with Crippen molar-refractivity contribution in [2.45, 2.75) is 32.0 Å². The maximum Gasteiger partial charge on any atom is 0.251 e. The highest BCUT2D eigenvalue weighted by Gasteiger charge is 2.25. The van der Waals surface area contributed by atoms with Crippen molar-refractivity contribution in [3.8, 4) is 11.3 Å². The molecule has 0 aliphatic carbocycles. The van der Waals surface area contributed by atoms with Crippen molar-refractivity contribution in [2.75, 3.05) is 11.1 Å². The molecule has 0 fully saturated rings. The monoisotopic (exact) mass is 598 g/mol. The van der Waals surface area contributed by atoms with Gasteiger partial charge in [-0.3, -0.25) is 9.59 Å².